The Balaban J connectivity index is 1.65. The van der Waals surface area contributed by atoms with Gasteiger partial charge in [-0.3, -0.25) is 4.79 Å². The zero-order chi connectivity index (χ0) is 17.8. The first-order valence-electron chi connectivity index (χ1n) is 7.57. The molecule has 6 nitrogen and oxygen atoms in total. The third kappa shape index (κ3) is 4.46. The molecule has 1 amide bonds. The van der Waals surface area contributed by atoms with E-state index in [2.05, 4.69) is 36.8 Å². The molecule has 128 valence electrons. The van der Waals surface area contributed by atoms with Gasteiger partial charge in [-0.25, -0.2) is 0 Å². The number of tetrazole rings is 1. The predicted octanol–water partition coefficient (Wildman–Crippen LogP) is 3.77. The zero-order valence-corrected chi connectivity index (χ0v) is 16.1. The fourth-order valence-electron chi connectivity index (χ4n) is 2.20. The largest absolute Gasteiger partial charge is 0.325 e. The van der Waals surface area contributed by atoms with E-state index in [0.29, 0.717) is 5.16 Å². The Morgan fingerprint density at radius 3 is 2.68 bits per heavy atom. The SMILES string of the molecule is Cc1ccc(-n2nnnc2SCC(=O)Nc2ccc(Br)cc2C)cc1. The summed E-state index contributed by atoms with van der Waals surface area (Å²) >= 11 is 4.71. The molecule has 1 heterocycles. The van der Waals surface area contributed by atoms with Crippen LogP contribution in [0, 0.1) is 13.8 Å². The first kappa shape index (κ1) is 17.6. The van der Waals surface area contributed by atoms with Crippen LogP contribution in [-0.2, 0) is 4.79 Å². The van der Waals surface area contributed by atoms with Crippen LogP contribution in [0.1, 0.15) is 11.1 Å². The van der Waals surface area contributed by atoms with Crippen molar-refractivity contribution in [2.45, 2.75) is 19.0 Å². The molecule has 3 rings (SSSR count). The lowest BCUT2D eigenvalue weighted by molar-refractivity contribution is -0.113. The molecule has 0 radical (unpaired) electrons. The quantitative estimate of drug-likeness (QED) is 0.639. The van der Waals surface area contributed by atoms with E-state index in [1.165, 1.54) is 11.8 Å². The molecule has 8 heteroatoms. The number of thioether (sulfide) groups is 1. The minimum absolute atomic E-state index is 0.103. The summed E-state index contributed by atoms with van der Waals surface area (Å²) in [6.45, 7) is 3.97. The van der Waals surface area contributed by atoms with Gasteiger partial charge in [-0.2, -0.15) is 4.68 Å². The van der Waals surface area contributed by atoms with E-state index in [-0.39, 0.29) is 11.7 Å². The summed E-state index contributed by atoms with van der Waals surface area (Å²) in [6.07, 6.45) is 0. The lowest BCUT2D eigenvalue weighted by Crippen LogP contribution is -2.15. The van der Waals surface area contributed by atoms with Crippen molar-refractivity contribution in [1.29, 1.82) is 0 Å². The van der Waals surface area contributed by atoms with E-state index >= 15 is 0 Å². The van der Waals surface area contributed by atoms with E-state index in [0.717, 1.165) is 27.0 Å². The van der Waals surface area contributed by atoms with Crippen LogP contribution in [0.4, 0.5) is 5.69 Å². The van der Waals surface area contributed by atoms with Crippen molar-refractivity contribution in [3.63, 3.8) is 0 Å². The smallest absolute Gasteiger partial charge is 0.234 e. The van der Waals surface area contributed by atoms with Crippen LogP contribution in [0.3, 0.4) is 0 Å². The van der Waals surface area contributed by atoms with Gasteiger partial charge in [0.05, 0.1) is 11.4 Å². The average Bonchev–Trinajstić information content (AvgIpc) is 3.05. The topological polar surface area (TPSA) is 72.7 Å². The summed E-state index contributed by atoms with van der Waals surface area (Å²) in [5.41, 5.74) is 3.82. The van der Waals surface area contributed by atoms with Crippen molar-refractivity contribution in [3.05, 3.63) is 58.1 Å². The van der Waals surface area contributed by atoms with Crippen molar-refractivity contribution in [2.75, 3.05) is 11.1 Å². The number of nitrogens with one attached hydrogen (secondary N) is 1. The second-order valence-corrected chi connectivity index (χ2v) is 7.36. The van der Waals surface area contributed by atoms with E-state index in [9.17, 15) is 4.79 Å². The number of aryl methyl sites for hydroxylation is 2. The number of carbonyl (C=O) groups excluding carboxylic acids is 1. The molecule has 3 aromatic rings. The second kappa shape index (κ2) is 7.79. The van der Waals surface area contributed by atoms with Crippen LogP contribution in [-0.4, -0.2) is 31.9 Å². The van der Waals surface area contributed by atoms with Gasteiger partial charge in [0, 0.05) is 10.2 Å². The average molecular weight is 418 g/mol. The molecule has 0 atom stereocenters. The van der Waals surface area contributed by atoms with Gasteiger partial charge >= 0.3 is 0 Å². The number of benzene rings is 2. The first-order valence-corrected chi connectivity index (χ1v) is 9.35. The molecule has 0 unspecified atom stereocenters. The molecular formula is C17H16BrN5OS. The Morgan fingerprint density at radius 1 is 1.20 bits per heavy atom. The van der Waals surface area contributed by atoms with E-state index in [1.807, 2.05) is 56.3 Å². The number of aromatic nitrogens is 4. The minimum Gasteiger partial charge on any atom is -0.325 e. The molecule has 0 aliphatic heterocycles. The van der Waals surface area contributed by atoms with E-state index in [4.69, 9.17) is 0 Å². The highest BCUT2D eigenvalue weighted by Crippen LogP contribution is 2.22. The summed E-state index contributed by atoms with van der Waals surface area (Å²) in [5.74, 6) is 0.121. The molecule has 0 saturated heterocycles. The zero-order valence-electron chi connectivity index (χ0n) is 13.7. The Labute approximate surface area is 158 Å². The van der Waals surface area contributed by atoms with Crippen molar-refractivity contribution in [2.24, 2.45) is 0 Å². The van der Waals surface area contributed by atoms with Crippen LogP contribution in [0.5, 0.6) is 0 Å². The van der Waals surface area contributed by atoms with Gasteiger partial charge in [0.2, 0.25) is 11.1 Å². The standard InChI is InChI=1S/C17H16BrN5OS/c1-11-3-6-14(7-4-11)23-17(20-21-22-23)25-10-16(24)19-15-8-5-13(18)9-12(15)2/h3-9H,10H2,1-2H3,(H,19,24). The number of nitrogens with zero attached hydrogens (tertiary/aromatic N) is 4. The minimum atomic E-state index is -0.103. The molecule has 2 aromatic carbocycles. The lowest BCUT2D eigenvalue weighted by atomic mass is 10.2. The summed E-state index contributed by atoms with van der Waals surface area (Å²) < 4.78 is 2.61. The highest BCUT2D eigenvalue weighted by atomic mass is 79.9. The molecular weight excluding hydrogens is 402 g/mol. The number of carbonyl (C=O) groups is 1. The first-order chi connectivity index (χ1) is 12.0. The van der Waals surface area contributed by atoms with Crippen LogP contribution >= 0.6 is 27.7 Å². The molecule has 0 aliphatic carbocycles. The Bertz CT molecular complexity index is 894. The van der Waals surface area contributed by atoms with Gasteiger partial charge in [-0.1, -0.05) is 45.4 Å². The predicted molar refractivity (Wildman–Crippen MR) is 102 cm³/mol. The molecule has 1 N–H and O–H groups in total. The molecule has 0 spiro atoms. The van der Waals surface area contributed by atoms with E-state index in [1.54, 1.807) is 4.68 Å². The van der Waals surface area contributed by atoms with Gasteiger partial charge in [-0.15, -0.1) is 5.10 Å². The van der Waals surface area contributed by atoms with Crippen LogP contribution in [0.25, 0.3) is 5.69 Å². The van der Waals surface area contributed by atoms with Gasteiger partial charge in [0.1, 0.15) is 0 Å². The molecule has 1 aromatic heterocycles. The maximum atomic E-state index is 12.2. The Kier molecular flexibility index (Phi) is 5.50. The maximum Gasteiger partial charge on any atom is 0.234 e. The van der Waals surface area contributed by atoms with Gasteiger partial charge in [-0.05, 0) is 60.2 Å². The molecule has 0 bridgehead atoms. The van der Waals surface area contributed by atoms with Crippen molar-refractivity contribution < 1.29 is 4.79 Å². The van der Waals surface area contributed by atoms with Crippen LogP contribution in [0.15, 0.2) is 52.1 Å². The summed E-state index contributed by atoms with van der Waals surface area (Å²) in [5, 5.41) is 15.2. The van der Waals surface area contributed by atoms with Gasteiger partial charge < -0.3 is 5.32 Å². The number of hydrogen-bond donors (Lipinski definition) is 1. The van der Waals surface area contributed by atoms with Crippen molar-refractivity contribution in [1.82, 2.24) is 20.2 Å². The number of hydrogen-bond acceptors (Lipinski definition) is 5. The van der Waals surface area contributed by atoms with Crippen molar-refractivity contribution >= 4 is 39.3 Å². The number of halogens is 1. The van der Waals surface area contributed by atoms with Crippen LogP contribution in [0.2, 0.25) is 0 Å². The Morgan fingerprint density at radius 2 is 1.96 bits per heavy atom. The maximum absolute atomic E-state index is 12.2. The van der Waals surface area contributed by atoms with Gasteiger partial charge in [0.15, 0.2) is 0 Å². The second-order valence-electron chi connectivity index (χ2n) is 5.50. The number of rotatable bonds is 5. The van der Waals surface area contributed by atoms with Gasteiger partial charge in [0.25, 0.3) is 0 Å². The normalized spacial score (nSPS) is 10.7. The lowest BCUT2D eigenvalue weighted by Gasteiger charge is -2.08. The summed E-state index contributed by atoms with van der Waals surface area (Å²) in [4.78, 5) is 12.2. The van der Waals surface area contributed by atoms with Crippen molar-refractivity contribution in [3.8, 4) is 5.69 Å². The van der Waals surface area contributed by atoms with E-state index < -0.39 is 0 Å². The molecule has 0 saturated carbocycles. The highest BCUT2D eigenvalue weighted by Gasteiger charge is 2.12. The molecule has 0 fully saturated rings. The van der Waals surface area contributed by atoms with Crippen LogP contribution < -0.4 is 5.32 Å². The summed E-state index contributed by atoms with van der Waals surface area (Å²) in [7, 11) is 0. The third-order valence-corrected chi connectivity index (χ3v) is 4.93. The Hall–Kier alpha value is -2.19. The summed E-state index contributed by atoms with van der Waals surface area (Å²) in [6, 6.07) is 13.6. The fraction of sp³-hybridized carbons (Fsp3) is 0.176. The third-order valence-electron chi connectivity index (χ3n) is 3.51. The fourth-order valence-corrected chi connectivity index (χ4v) is 3.37. The highest BCUT2D eigenvalue weighted by molar-refractivity contribution is 9.10. The number of anilines is 1. The molecule has 25 heavy (non-hydrogen) atoms. The molecule has 0 aliphatic rings. The monoisotopic (exact) mass is 417 g/mol. The number of amides is 1.